The zero-order valence-electron chi connectivity index (χ0n) is 20.0. The summed E-state index contributed by atoms with van der Waals surface area (Å²) in [7, 11) is 1.50. The van der Waals surface area contributed by atoms with Crippen LogP contribution in [0.2, 0.25) is 10.0 Å². The number of carbonyl (C=O) groups excluding carboxylic acids is 3. The van der Waals surface area contributed by atoms with Gasteiger partial charge in [-0.15, -0.1) is 0 Å². The van der Waals surface area contributed by atoms with E-state index in [9.17, 15) is 14.4 Å². The molecule has 1 saturated carbocycles. The summed E-state index contributed by atoms with van der Waals surface area (Å²) < 4.78 is 21.0. The van der Waals surface area contributed by atoms with Crippen molar-refractivity contribution in [1.29, 1.82) is 0 Å². The average Bonchev–Trinajstić information content (AvgIpc) is 2.82. The van der Waals surface area contributed by atoms with Crippen LogP contribution in [0, 0.1) is 0 Å². The normalized spacial score (nSPS) is 12.8. The first kappa shape index (κ1) is 27.4. The van der Waals surface area contributed by atoms with E-state index in [1.54, 1.807) is 37.3 Å². The highest BCUT2D eigenvalue weighted by Gasteiger charge is 2.23. The average molecular weight is 539 g/mol. The summed E-state index contributed by atoms with van der Waals surface area (Å²) in [6.45, 7) is 1.67. The fraction of sp³-hybridized carbons (Fsp3) is 0.400. The highest BCUT2D eigenvalue weighted by Crippen LogP contribution is 2.38. The molecule has 0 aromatic heterocycles. The number of alkyl carbamates (subject to hydrolysis) is 1. The number of hydrogen-bond acceptors (Lipinski definition) is 7. The molecule has 1 fully saturated rings. The molecule has 1 aliphatic rings. The van der Waals surface area contributed by atoms with Crippen molar-refractivity contribution in [3.63, 3.8) is 0 Å². The van der Waals surface area contributed by atoms with Crippen molar-refractivity contribution in [1.82, 2.24) is 10.6 Å². The number of rotatable bonds is 11. The Labute approximate surface area is 219 Å². The first-order valence-corrected chi connectivity index (χ1v) is 12.3. The van der Waals surface area contributed by atoms with Gasteiger partial charge in [-0.1, -0.05) is 23.2 Å². The molecule has 9 nitrogen and oxygen atoms in total. The molecule has 2 amide bonds. The van der Waals surface area contributed by atoms with Crippen LogP contribution in [0.15, 0.2) is 30.3 Å². The van der Waals surface area contributed by atoms with Gasteiger partial charge in [0, 0.05) is 12.5 Å². The van der Waals surface area contributed by atoms with Crippen LogP contribution >= 0.6 is 23.2 Å². The maximum atomic E-state index is 12.7. The van der Waals surface area contributed by atoms with Crippen LogP contribution in [0.3, 0.4) is 0 Å². The second kappa shape index (κ2) is 13.2. The summed E-state index contributed by atoms with van der Waals surface area (Å²) in [5, 5.41) is 5.79. The third kappa shape index (κ3) is 7.66. The summed E-state index contributed by atoms with van der Waals surface area (Å²) in [6.07, 6.45) is 2.63. The predicted molar refractivity (Wildman–Crippen MR) is 134 cm³/mol. The lowest BCUT2D eigenvalue weighted by atomic mass is 9.93. The van der Waals surface area contributed by atoms with E-state index in [-0.39, 0.29) is 47.5 Å². The van der Waals surface area contributed by atoms with E-state index < -0.39 is 12.1 Å². The fourth-order valence-corrected chi connectivity index (χ4v) is 3.99. The molecule has 0 saturated heterocycles. The van der Waals surface area contributed by atoms with Crippen LogP contribution in [0.1, 0.15) is 42.1 Å². The van der Waals surface area contributed by atoms with Crippen molar-refractivity contribution in [2.24, 2.45) is 0 Å². The van der Waals surface area contributed by atoms with Crippen LogP contribution in [0.5, 0.6) is 17.2 Å². The van der Waals surface area contributed by atoms with Crippen molar-refractivity contribution >= 4 is 41.2 Å². The van der Waals surface area contributed by atoms with Crippen LogP contribution in [-0.4, -0.2) is 50.9 Å². The molecule has 36 heavy (non-hydrogen) atoms. The van der Waals surface area contributed by atoms with Crippen LogP contribution in [0.4, 0.5) is 4.79 Å². The Morgan fingerprint density at radius 1 is 1.06 bits per heavy atom. The predicted octanol–water partition coefficient (Wildman–Crippen LogP) is 4.91. The Kier molecular flexibility index (Phi) is 10.1. The van der Waals surface area contributed by atoms with Gasteiger partial charge in [-0.3, -0.25) is 9.59 Å². The number of hydrogen-bond donors (Lipinski definition) is 2. The van der Waals surface area contributed by atoms with Crippen molar-refractivity contribution in [3.05, 3.63) is 51.5 Å². The first-order chi connectivity index (χ1) is 17.3. The molecule has 0 unspecified atom stereocenters. The highest BCUT2D eigenvalue weighted by atomic mass is 35.5. The molecule has 2 aromatic rings. The molecule has 0 radical (unpaired) electrons. The van der Waals surface area contributed by atoms with Gasteiger partial charge in [-0.2, -0.15) is 0 Å². The lowest BCUT2D eigenvalue weighted by Crippen LogP contribution is -2.39. The first-order valence-electron chi connectivity index (χ1n) is 11.5. The topological polar surface area (TPSA) is 112 Å². The van der Waals surface area contributed by atoms with Gasteiger partial charge in [-0.05, 0) is 62.1 Å². The summed E-state index contributed by atoms with van der Waals surface area (Å²) >= 11 is 12.8. The van der Waals surface area contributed by atoms with Gasteiger partial charge in [-0.25, -0.2) is 4.79 Å². The Bertz CT molecular complexity index is 1080. The number of nitrogens with one attached hydrogen (secondary N) is 2. The van der Waals surface area contributed by atoms with Gasteiger partial charge >= 0.3 is 12.1 Å². The van der Waals surface area contributed by atoms with Gasteiger partial charge in [0.15, 0.2) is 5.75 Å². The van der Waals surface area contributed by atoms with Gasteiger partial charge in [0.25, 0.3) is 5.91 Å². The molecule has 194 valence electrons. The zero-order valence-corrected chi connectivity index (χ0v) is 21.5. The van der Waals surface area contributed by atoms with Crippen molar-refractivity contribution in [2.45, 2.75) is 38.6 Å². The van der Waals surface area contributed by atoms with E-state index in [1.165, 1.54) is 7.11 Å². The molecule has 0 aliphatic heterocycles. The number of methoxy groups -OCH3 is 1. The summed E-state index contributed by atoms with van der Waals surface area (Å²) in [4.78, 5) is 35.6. The lowest BCUT2D eigenvalue weighted by Gasteiger charge is -2.26. The van der Waals surface area contributed by atoms with E-state index in [2.05, 4.69) is 10.6 Å². The van der Waals surface area contributed by atoms with Crippen molar-refractivity contribution in [2.75, 3.05) is 26.9 Å². The number of benzene rings is 2. The van der Waals surface area contributed by atoms with E-state index in [0.717, 1.165) is 19.3 Å². The number of carbonyl (C=O) groups is 3. The molecular formula is C25H28Cl2N2O7. The van der Waals surface area contributed by atoms with Gasteiger partial charge in [0.1, 0.15) is 18.0 Å². The van der Waals surface area contributed by atoms with E-state index in [0.29, 0.717) is 29.0 Å². The van der Waals surface area contributed by atoms with Crippen LogP contribution in [0.25, 0.3) is 0 Å². The molecule has 0 spiro atoms. The number of amides is 2. The second-order valence-corrected chi connectivity index (χ2v) is 8.81. The largest absolute Gasteiger partial charge is 0.496 e. The Hall–Kier alpha value is -3.17. The summed E-state index contributed by atoms with van der Waals surface area (Å²) in [6, 6.07) is 8.35. The number of halogens is 2. The second-order valence-electron chi connectivity index (χ2n) is 8.00. The van der Waals surface area contributed by atoms with Gasteiger partial charge in [0.2, 0.25) is 0 Å². The molecule has 2 N–H and O–H groups in total. The Balaban J connectivity index is 1.60. The van der Waals surface area contributed by atoms with E-state index in [1.807, 2.05) is 0 Å². The third-order valence-corrected chi connectivity index (χ3v) is 6.00. The molecule has 0 atom stereocenters. The highest BCUT2D eigenvalue weighted by molar-refractivity contribution is 6.37. The lowest BCUT2D eigenvalue weighted by molar-refractivity contribution is -0.141. The minimum Gasteiger partial charge on any atom is -0.496 e. The zero-order chi connectivity index (χ0) is 26.1. The molecular weight excluding hydrogens is 511 g/mol. The Morgan fingerprint density at radius 3 is 2.39 bits per heavy atom. The van der Waals surface area contributed by atoms with Gasteiger partial charge < -0.3 is 29.6 Å². The standard InChI is InChI=1S/C25H28Cl2N2O7/c1-3-34-22(30)14-28-25(32)35-10-9-15-11-19(26)23(20(27)12-15)36-17-7-8-21(33-2)18(13-17)24(31)29-16-5-4-6-16/h7-8,11-13,16H,3-6,9-10,14H2,1-2H3,(H,28,32)(H,29,31). The van der Waals surface area contributed by atoms with Crippen LogP contribution < -0.4 is 20.1 Å². The van der Waals surface area contributed by atoms with Gasteiger partial charge in [0.05, 0.1) is 35.9 Å². The smallest absolute Gasteiger partial charge is 0.407 e. The molecule has 1 aliphatic carbocycles. The summed E-state index contributed by atoms with van der Waals surface area (Å²) in [5.74, 6) is 0.240. The third-order valence-electron chi connectivity index (χ3n) is 5.44. The van der Waals surface area contributed by atoms with Crippen molar-refractivity contribution in [3.8, 4) is 17.2 Å². The molecule has 2 aromatic carbocycles. The van der Waals surface area contributed by atoms with Crippen molar-refractivity contribution < 1.29 is 33.3 Å². The Morgan fingerprint density at radius 2 is 1.78 bits per heavy atom. The molecule has 0 bridgehead atoms. The maximum absolute atomic E-state index is 12.7. The minimum atomic E-state index is -0.739. The number of esters is 1. The molecule has 3 rings (SSSR count). The SMILES string of the molecule is CCOC(=O)CNC(=O)OCCc1cc(Cl)c(Oc2ccc(OC)c(C(=O)NC3CCC3)c2)c(Cl)c1. The van der Waals surface area contributed by atoms with Crippen LogP contribution in [-0.2, 0) is 20.7 Å². The van der Waals surface area contributed by atoms with E-state index >= 15 is 0 Å². The quantitative estimate of drug-likeness (QED) is 0.391. The minimum absolute atomic E-state index is 0.0411. The fourth-order valence-electron chi connectivity index (χ4n) is 3.38. The monoisotopic (exact) mass is 538 g/mol. The molecule has 0 heterocycles. The molecule has 11 heteroatoms. The summed E-state index contributed by atoms with van der Waals surface area (Å²) in [5.41, 5.74) is 1.06. The number of ether oxygens (including phenoxy) is 4. The maximum Gasteiger partial charge on any atom is 0.407 e. The van der Waals surface area contributed by atoms with E-state index in [4.69, 9.17) is 42.1 Å².